The molecule has 1 atom stereocenters. The molecule has 0 aromatic rings. The topological polar surface area (TPSA) is 54.4 Å². The predicted octanol–water partition coefficient (Wildman–Crippen LogP) is 1.26. The Bertz CT molecular complexity index is 311. The molecule has 0 aromatic heterocycles. The second kappa shape index (κ2) is 6.97. The lowest BCUT2D eigenvalue weighted by molar-refractivity contribution is -0.119. The predicted molar refractivity (Wildman–Crippen MR) is 58.1 cm³/mol. The third-order valence-corrected chi connectivity index (χ3v) is 1.76. The first-order chi connectivity index (χ1) is 6.95. The van der Waals surface area contributed by atoms with Crippen LogP contribution in [-0.2, 0) is 9.59 Å². The quantitative estimate of drug-likeness (QED) is 0.327. The molecular weight excluding hydrogens is 192 g/mol. The van der Waals surface area contributed by atoms with Crippen molar-refractivity contribution in [1.29, 1.82) is 0 Å². The number of carbonyl (C=O) groups is 2. The first-order valence-corrected chi connectivity index (χ1v) is 4.83. The molecule has 0 radical (unpaired) electrons. The highest BCUT2D eigenvalue weighted by Crippen LogP contribution is 1.97. The van der Waals surface area contributed by atoms with E-state index in [2.05, 4.69) is 11.8 Å². The van der Waals surface area contributed by atoms with Crippen molar-refractivity contribution in [3.05, 3.63) is 11.6 Å². The lowest BCUT2D eigenvalue weighted by Gasteiger charge is -1.96. The third-order valence-electron chi connectivity index (χ3n) is 1.76. The molecule has 0 heterocycles. The molecule has 0 saturated carbocycles. The van der Waals surface area contributed by atoms with Crippen LogP contribution < -0.4 is 0 Å². The first kappa shape index (κ1) is 13.6. The highest BCUT2D eigenvalue weighted by atomic mass is 16.3. The number of hydrogen-bond acceptors (Lipinski definition) is 3. The molecule has 3 heteroatoms. The van der Waals surface area contributed by atoms with Crippen LogP contribution in [0.15, 0.2) is 11.6 Å². The Hall–Kier alpha value is -1.40. The Morgan fingerprint density at radius 3 is 2.27 bits per heavy atom. The standard InChI is InChI=1S/C12H16O3/c1-9(13)7-5-4-6-8-12(10(2)14)11(3)15/h8-9,13H,5,7H2,1-3H3. The SMILES string of the molecule is CC(=O)C(=CC#CCCC(C)O)C(C)=O. The molecule has 0 bridgehead atoms. The summed E-state index contributed by atoms with van der Waals surface area (Å²) in [5.41, 5.74) is 0.125. The molecule has 15 heavy (non-hydrogen) atoms. The van der Waals surface area contributed by atoms with E-state index >= 15 is 0 Å². The van der Waals surface area contributed by atoms with E-state index in [1.807, 2.05) is 0 Å². The van der Waals surface area contributed by atoms with E-state index in [-0.39, 0.29) is 23.2 Å². The van der Waals surface area contributed by atoms with Crippen molar-refractivity contribution in [1.82, 2.24) is 0 Å². The maximum Gasteiger partial charge on any atom is 0.164 e. The van der Waals surface area contributed by atoms with E-state index in [0.717, 1.165) is 0 Å². The van der Waals surface area contributed by atoms with Crippen LogP contribution in [0.1, 0.15) is 33.6 Å². The number of rotatable bonds is 4. The minimum absolute atomic E-state index is 0.125. The van der Waals surface area contributed by atoms with E-state index in [9.17, 15) is 9.59 Å². The van der Waals surface area contributed by atoms with Crippen LogP contribution in [0.2, 0.25) is 0 Å². The lowest BCUT2D eigenvalue weighted by atomic mass is 10.1. The fourth-order valence-corrected chi connectivity index (χ4v) is 0.928. The average molecular weight is 208 g/mol. The van der Waals surface area contributed by atoms with Gasteiger partial charge in [-0.2, -0.15) is 0 Å². The minimum atomic E-state index is -0.372. The molecule has 1 N–H and O–H groups in total. The van der Waals surface area contributed by atoms with Gasteiger partial charge in [0.1, 0.15) is 0 Å². The molecule has 0 saturated heterocycles. The summed E-state index contributed by atoms with van der Waals surface area (Å²) in [6.45, 7) is 4.36. The van der Waals surface area contributed by atoms with Gasteiger partial charge >= 0.3 is 0 Å². The third kappa shape index (κ3) is 6.64. The van der Waals surface area contributed by atoms with Crippen LogP contribution >= 0.6 is 0 Å². The smallest absolute Gasteiger partial charge is 0.164 e. The Labute approximate surface area is 90.2 Å². The monoisotopic (exact) mass is 208 g/mol. The Kier molecular flexibility index (Phi) is 6.32. The van der Waals surface area contributed by atoms with E-state index < -0.39 is 0 Å². The summed E-state index contributed by atoms with van der Waals surface area (Å²) in [6.07, 6.45) is 2.11. The van der Waals surface area contributed by atoms with Gasteiger partial charge in [-0.05, 0) is 27.2 Å². The number of Topliss-reactive ketones (excluding diaryl/α,β-unsaturated/α-hetero) is 2. The van der Waals surface area contributed by atoms with Gasteiger partial charge in [0.2, 0.25) is 0 Å². The van der Waals surface area contributed by atoms with Crippen molar-refractivity contribution in [2.75, 3.05) is 0 Å². The normalized spacial score (nSPS) is 10.9. The number of carbonyl (C=O) groups excluding carboxylic acids is 2. The van der Waals surface area contributed by atoms with Gasteiger partial charge in [-0.25, -0.2) is 0 Å². The van der Waals surface area contributed by atoms with Gasteiger partial charge in [-0.3, -0.25) is 9.59 Å². The van der Waals surface area contributed by atoms with Crippen molar-refractivity contribution in [2.45, 2.75) is 39.7 Å². The van der Waals surface area contributed by atoms with Crippen LogP contribution in [0.3, 0.4) is 0 Å². The zero-order valence-corrected chi connectivity index (χ0v) is 9.33. The molecule has 0 aliphatic heterocycles. The van der Waals surface area contributed by atoms with Gasteiger partial charge in [0, 0.05) is 12.5 Å². The van der Waals surface area contributed by atoms with Crippen LogP contribution in [0.25, 0.3) is 0 Å². The summed E-state index contributed by atoms with van der Waals surface area (Å²) in [5.74, 6) is 4.86. The summed E-state index contributed by atoms with van der Waals surface area (Å²) in [4.78, 5) is 21.9. The zero-order chi connectivity index (χ0) is 11.8. The van der Waals surface area contributed by atoms with Gasteiger partial charge in [0.05, 0.1) is 11.7 Å². The van der Waals surface area contributed by atoms with E-state index in [4.69, 9.17) is 5.11 Å². The first-order valence-electron chi connectivity index (χ1n) is 4.83. The highest BCUT2D eigenvalue weighted by molar-refractivity contribution is 6.18. The van der Waals surface area contributed by atoms with Gasteiger partial charge in [0.25, 0.3) is 0 Å². The molecule has 0 aliphatic carbocycles. The van der Waals surface area contributed by atoms with Crippen molar-refractivity contribution < 1.29 is 14.7 Å². The van der Waals surface area contributed by atoms with Crippen molar-refractivity contribution in [3.63, 3.8) is 0 Å². The van der Waals surface area contributed by atoms with Gasteiger partial charge in [-0.1, -0.05) is 11.8 Å². The van der Waals surface area contributed by atoms with Crippen molar-refractivity contribution >= 4 is 11.6 Å². The molecule has 0 rings (SSSR count). The minimum Gasteiger partial charge on any atom is -0.393 e. The number of hydrogen-bond donors (Lipinski definition) is 1. The van der Waals surface area contributed by atoms with Gasteiger partial charge in [0.15, 0.2) is 11.6 Å². The maximum atomic E-state index is 11.0. The summed E-state index contributed by atoms with van der Waals surface area (Å²) in [5, 5.41) is 8.95. The van der Waals surface area contributed by atoms with Crippen LogP contribution in [0.4, 0.5) is 0 Å². The Balaban J connectivity index is 4.33. The summed E-state index contributed by atoms with van der Waals surface area (Å²) < 4.78 is 0. The Morgan fingerprint density at radius 1 is 1.33 bits per heavy atom. The average Bonchev–Trinajstić information content (AvgIpc) is 2.08. The summed E-state index contributed by atoms with van der Waals surface area (Å²) in [7, 11) is 0. The summed E-state index contributed by atoms with van der Waals surface area (Å²) in [6, 6.07) is 0. The fourth-order valence-electron chi connectivity index (χ4n) is 0.928. The van der Waals surface area contributed by atoms with Gasteiger partial charge < -0.3 is 5.11 Å². The molecular formula is C12H16O3. The summed E-state index contributed by atoms with van der Waals surface area (Å²) >= 11 is 0. The molecule has 0 aromatic carbocycles. The lowest BCUT2D eigenvalue weighted by Crippen LogP contribution is -2.05. The molecule has 0 amide bonds. The Morgan fingerprint density at radius 2 is 1.87 bits per heavy atom. The number of aliphatic hydroxyl groups excluding tert-OH is 1. The highest BCUT2D eigenvalue weighted by Gasteiger charge is 2.07. The van der Waals surface area contributed by atoms with Gasteiger partial charge in [-0.15, -0.1) is 0 Å². The second-order valence-electron chi connectivity index (χ2n) is 3.38. The molecule has 0 fully saturated rings. The number of ketones is 2. The molecule has 3 nitrogen and oxygen atoms in total. The number of aliphatic hydroxyl groups is 1. The van der Waals surface area contributed by atoms with Crippen molar-refractivity contribution in [3.8, 4) is 11.8 Å². The zero-order valence-electron chi connectivity index (χ0n) is 9.33. The number of allylic oxidation sites excluding steroid dienone is 2. The molecule has 1 unspecified atom stereocenters. The van der Waals surface area contributed by atoms with Crippen LogP contribution in [-0.4, -0.2) is 22.8 Å². The van der Waals surface area contributed by atoms with Crippen LogP contribution in [0.5, 0.6) is 0 Å². The van der Waals surface area contributed by atoms with E-state index in [0.29, 0.717) is 12.8 Å². The molecule has 0 spiro atoms. The maximum absolute atomic E-state index is 11.0. The van der Waals surface area contributed by atoms with E-state index in [1.54, 1.807) is 6.92 Å². The second-order valence-corrected chi connectivity index (χ2v) is 3.38. The molecule has 0 aliphatic rings. The van der Waals surface area contributed by atoms with Crippen molar-refractivity contribution in [2.24, 2.45) is 0 Å². The molecule has 82 valence electrons. The fraction of sp³-hybridized carbons (Fsp3) is 0.500. The van der Waals surface area contributed by atoms with E-state index in [1.165, 1.54) is 19.9 Å². The van der Waals surface area contributed by atoms with Crippen LogP contribution in [0, 0.1) is 11.8 Å². The largest absolute Gasteiger partial charge is 0.393 e.